The molecule has 0 aliphatic rings. The number of methoxy groups -OCH3 is 1. The lowest BCUT2D eigenvalue weighted by Gasteiger charge is -2.28. The number of benzene rings is 1. The molecule has 2 atom stereocenters. The maximum Gasteiger partial charge on any atom is 0.161 e. The highest BCUT2D eigenvalue weighted by atomic mass is 16.5. The van der Waals surface area contributed by atoms with Gasteiger partial charge in [-0.3, -0.25) is 0 Å². The van der Waals surface area contributed by atoms with Crippen molar-refractivity contribution in [1.29, 1.82) is 0 Å². The highest BCUT2D eigenvalue weighted by Crippen LogP contribution is 2.28. The van der Waals surface area contributed by atoms with Crippen molar-refractivity contribution in [2.24, 2.45) is 0 Å². The van der Waals surface area contributed by atoms with Gasteiger partial charge in [-0.25, -0.2) is 0 Å². The van der Waals surface area contributed by atoms with Gasteiger partial charge in [-0.1, -0.05) is 39.3 Å². The van der Waals surface area contributed by atoms with Gasteiger partial charge in [-0.2, -0.15) is 0 Å². The normalized spacial score (nSPS) is 13.8. The van der Waals surface area contributed by atoms with E-state index in [0.717, 1.165) is 43.7 Å². The van der Waals surface area contributed by atoms with E-state index in [9.17, 15) is 0 Å². The van der Waals surface area contributed by atoms with Crippen LogP contribution in [0.25, 0.3) is 0 Å². The summed E-state index contributed by atoms with van der Waals surface area (Å²) >= 11 is 0. The van der Waals surface area contributed by atoms with Crippen molar-refractivity contribution in [3.05, 3.63) is 24.3 Å². The minimum Gasteiger partial charge on any atom is -0.493 e. The Labute approximate surface area is 123 Å². The Kier molecular flexibility index (Phi) is 8.12. The third-order valence-corrected chi connectivity index (χ3v) is 3.45. The van der Waals surface area contributed by atoms with Gasteiger partial charge in [0.15, 0.2) is 11.5 Å². The predicted octanol–water partition coefficient (Wildman–Crippen LogP) is 4.02. The Morgan fingerprint density at radius 3 is 2.30 bits per heavy atom. The van der Waals surface area contributed by atoms with E-state index in [0.29, 0.717) is 6.04 Å². The quantitative estimate of drug-likeness (QED) is 0.701. The molecule has 0 spiro atoms. The summed E-state index contributed by atoms with van der Waals surface area (Å²) in [6.07, 6.45) is 4.60. The van der Waals surface area contributed by atoms with Crippen LogP contribution in [0, 0.1) is 0 Å². The van der Waals surface area contributed by atoms with Crippen molar-refractivity contribution < 1.29 is 9.47 Å². The molecule has 0 amide bonds. The van der Waals surface area contributed by atoms with Crippen LogP contribution in [-0.4, -0.2) is 25.8 Å². The molecule has 1 rings (SSSR count). The lowest BCUT2D eigenvalue weighted by Crippen LogP contribution is -2.43. The molecule has 1 N–H and O–H groups in total. The lowest BCUT2D eigenvalue weighted by molar-refractivity contribution is 0.137. The fourth-order valence-corrected chi connectivity index (χ4v) is 2.39. The molecule has 2 unspecified atom stereocenters. The third kappa shape index (κ3) is 5.04. The van der Waals surface area contributed by atoms with Crippen molar-refractivity contribution in [3.8, 4) is 11.5 Å². The van der Waals surface area contributed by atoms with Crippen molar-refractivity contribution in [2.45, 2.75) is 58.6 Å². The smallest absolute Gasteiger partial charge is 0.161 e. The van der Waals surface area contributed by atoms with Crippen LogP contribution in [0.15, 0.2) is 24.3 Å². The van der Waals surface area contributed by atoms with Crippen LogP contribution in [0.4, 0.5) is 0 Å². The van der Waals surface area contributed by atoms with Gasteiger partial charge >= 0.3 is 0 Å². The summed E-state index contributed by atoms with van der Waals surface area (Å²) in [6, 6.07) is 8.26. The molecular formula is C17H29NO2. The zero-order chi connectivity index (χ0) is 14.8. The van der Waals surface area contributed by atoms with Gasteiger partial charge in [0.1, 0.15) is 6.10 Å². The third-order valence-electron chi connectivity index (χ3n) is 3.45. The molecular weight excluding hydrogens is 250 g/mol. The van der Waals surface area contributed by atoms with E-state index in [2.05, 4.69) is 26.1 Å². The fraction of sp³-hybridized carbons (Fsp3) is 0.647. The highest BCUT2D eigenvalue weighted by molar-refractivity contribution is 5.39. The second-order valence-electron chi connectivity index (χ2n) is 5.06. The number of hydrogen-bond acceptors (Lipinski definition) is 3. The monoisotopic (exact) mass is 279 g/mol. The van der Waals surface area contributed by atoms with Gasteiger partial charge in [-0.05, 0) is 37.9 Å². The standard InChI is InChI=1S/C17H29NO2/c1-5-10-14(18-13-6-2)15(7-3)20-17-12-9-8-11-16(17)19-4/h8-9,11-12,14-15,18H,5-7,10,13H2,1-4H3. The SMILES string of the molecule is CCCNC(CCC)C(CC)Oc1ccccc1OC. The second-order valence-corrected chi connectivity index (χ2v) is 5.06. The van der Waals surface area contributed by atoms with Crippen molar-refractivity contribution in [3.63, 3.8) is 0 Å². The Morgan fingerprint density at radius 1 is 1.05 bits per heavy atom. The maximum atomic E-state index is 6.21. The molecule has 0 aliphatic heterocycles. The molecule has 0 fully saturated rings. The summed E-state index contributed by atoms with van der Waals surface area (Å²) < 4.78 is 11.6. The molecule has 3 heteroatoms. The number of para-hydroxylation sites is 2. The summed E-state index contributed by atoms with van der Waals surface area (Å²) in [5, 5.41) is 3.61. The number of rotatable bonds is 10. The zero-order valence-electron chi connectivity index (χ0n) is 13.3. The first-order valence-electron chi connectivity index (χ1n) is 7.79. The minimum atomic E-state index is 0.179. The van der Waals surface area contributed by atoms with Crippen LogP contribution in [-0.2, 0) is 0 Å². The lowest BCUT2D eigenvalue weighted by atomic mass is 10.0. The summed E-state index contributed by atoms with van der Waals surface area (Å²) in [6.45, 7) is 7.63. The molecule has 0 radical (unpaired) electrons. The molecule has 1 aromatic rings. The van der Waals surface area contributed by atoms with Crippen molar-refractivity contribution in [2.75, 3.05) is 13.7 Å². The largest absolute Gasteiger partial charge is 0.493 e. The van der Waals surface area contributed by atoms with E-state index in [4.69, 9.17) is 9.47 Å². The van der Waals surface area contributed by atoms with E-state index in [1.165, 1.54) is 0 Å². The first kappa shape index (κ1) is 16.8. The molecule has 0 saturated heterocycles. The van der Waals surface area contributed by atoms with E-state index in [1.54, 1.807) is 7.11 Å². The number of hydrogen-bond donors (Lipinski definition) is 1. The molecule has 3 nitrogen and oxygen atoms in total. The van der Waals surface area contributed by atoms with Crippen LogP contribution in [0.1, 0.15) is 46.5 Å². The Hall–Kier alpha value is -1.22. The summed E-state index contributed by atoms with van der Waals surface area (Å²) in [7, 11) is 1.68. The second kappa shape index (κ2) is 9.65. The van der Waals surface area contributed by atoms with Crippen molar-refractivity contribution >= 4 is 0 Å². The van der Waals surface area contributed by atoms with Crippen LogP contribution in [0.2, 0.25) is 0 Å². The minimum absolute atomic E-state index is 0.179. The fourth-order valence-electron chi connectivity index (χ4n) is 2.39. The summed E-state index contributed by atoms with van der Waals surface area (Å²) in [4.78, 5) is 0. The number of nitrogens with one attached hydrogen (secondary N) is 1. The molecule has 0 bridgehead atoms. The topological polar surface area (TPSA) is 30.5 Å². The Balaban J connectivity index is 2.76. The first-order valence-corrected chi connectivity index (χ1v) is 7.79. The molecule has 0 heterocycles. The Bertz CT molecular complexity index is 368. The molecule has 0 aliphatic carbocycles. The van der Waals surface area contributed by atoms with E-state index in [1.807, 2.05) is 24.3 Å². The highest BCUT2D eigenvalue weighted by Gasteiger charge is 2.21. The van der Waals surface area contributed by atoms with E-state index < -0.39 is 0 Å². The molecule has 1 aromatic carbocycles. The van der Waals surface area contributed by atoms with E-state index in [-0.39, 0.29) is 6.10 Å². The van der Waals surface area contributed by atoms with Crippen LogP contribution in [0.5, 0.6) is 11.5 Å². The summed E-state index contributed by atoms with van der Waals surface area (Å²) in [5.41, 5.74) is 0. The van der Waals surface area contributed by atoms with Crippen LogP contribution >= 0.6 is 0 Å². The van der Waals surface area contributed by atoms with Gasteiger partial charge < -0.3 is 14.8 Å². The van der Waals surface area contributed by atoms with Gasteiger partial charge in [0.25, 0.3) is 0 Å². The van der Waals surface area contributed by atoms with Gasteiger partial charge in [-0.15, -0.1) is 0 Å². The maximum absolute atomic E-state index is 6.21. The molecule has 0 aromatic heterocycles. The van der Waals surface area contributed by atoms with Crippen LogP contribution < -0.4 is 14.8 Å². The van der Waals surface area contributed by atoms with Gasteiger partial charge in [0.05, 0.1) is 7.11 Å². The Morgan fingerprint density at radius 2 is 1.75 bits per heavy atom. The van der Waals surface area contributed by atoms with Crippen molar-refractivity contribution in [1.82, 2.24) is 5.32 Å². The molecule has 0 saturated carbocycles. The zero-order valence-corrected chi connectivity index (χ0v) is 13.3. The average Bonchev–Trinajstić information content (AvgIpc) is 2.49. The molecule has 114 valence electrons. The number of ether oxygens (including phenoxy) is 2. The van der Waals surface area contributed by atoms with Gasteiger partial charge in [0, 0.05) is 6.04 Å². The average molecular weight is 279 g/mol. The van der Waals surface area contributed by atoms with Crippen LogP contribution in [0.3, 0.4) is 0 Å². The summed E-state index contributed by atoms with van der Waals surface area (Å²) in [5.74, 6) is 1.64. The first-order chi connectivity index (χ1) is 9.76. The van der Waals surface area contributed by atoms with Gasteiger partial charge in [0.2, 0.25) is 0 Å². The van der Waals surface area contributed by atoms with E-state index >= 15 is 0 Å². The predicted molar refractivity (Wildman–Crippen MR) is 84.7 cm³/mol. The molecule has 20 heavy (non-hydrogen) atoms.